The van der Waals surface area contributed by atoms with Crippen molar-refractivity contribution in [2.75, 3.05) is 33.2 Å². The predicted molar refractivity (Wildman–Crippen MR) is 105 cm³/mol. The lowest BCUT2D eigenvalue weighted by atomic mass is 10.3. The van der Waals surface area contributed by atoms with Crippen molar-refractivity contribution >= 4 is 29.9 Å². The van der Waals surface area contributed by atoms with Gasteiger partial charge in [0.05, 0.1) is 17.9 Å². The van der Waals surface area contributed by atoms with Gasteiger partial charge < -0.3 is 19.3 Å². The van der Waals surface area contributed by atoms with Crippen LogP contribution in [0.1, 0.15) is 24.1 Å². The molecule has 1 fully saturated rings. The summed E-state index contributed by atoms with van der Waals surface area (Å²) in [5.41, 5.74) is 1.95. The van der Waals surface area contributed by atoms with Gasteiger partial charge in [-0.05, 0) is 6.42 Å². The van der Waals surface area contributed by atoms with Crippen molar-refractivity contribution in [2.24, 2.45) is 4.99 Å². The Kier molecular flexibility index (Phi) is 7.69. The minimum atomic E-state index is 0. The lowest BCUT2D eigenvalue weighted by Crippen LogP contribution is -2.52. The fourth-order valence-corrected chi connectivity index (χ4v) is 2.77. The average molecular weight is 460 g/mol. The van der Waals surface area contributed by atoms with Crippen molar-refractivity contribution in [1.29, 1.82) is 0 Å². The molecule has 8 nitrogen and oxygen atoms in total. The molecular weight excluding hydrogens is 435 g/mol. The van der Waals surface area contributed by atoms with Crippen LogP contribution in [0, 0.1) is 0 Å². The van der Waals surface area contributed by atoms with Gasteiger partial charge in [-0.1, -0.05) is 17.2 Å². The van der Waals surface area contributed by atoms with Gasteiger partial charge >= 0.3 is 0 Å². The summed E-state index contributed by atoms with van der Waals surface area (Å²) in [6, 6.07) is 3.89. The second kappa shape index (κ2) is 9.76. The number of halogens is 1. The van der Waals surface area contributed by atoms with Crippen molar-refractivity contribution < 1.29 is 9.05 Å². The maximum absolute atomic E-state index is 5.30. The topological polar surface area (TPSA) is 82.9 Å². The standard InChI is InChI=1S/C16H24N6O2.HI/c1-3-13-10-15(24-20-13)11-18-16(17-2)22-7-5-21(6-8-22)12-14-4-9-23-19-14;/h4,9-10H,3,5-8,11-12H2,1-2H3,(H,17,18);1H. The zero-order chi connectivity index (χ0) is 16.8. The Morgan fingerprint density at radius 3 is 2.64 bits per heavy atom. The molecule has 1 N–H and O–H groups in total. The van der Waals surface area contributed by atoms with E-state index in [-0.39, 0.29) is 24.0 Å². The Morgan fingerprint density at radius 1 is 1.24 bits per heavy atom. The fraction of sp³-hybridized carbons (Fsp3) is 0.562. The van der Waals surface area contributed by atoms with E-state index in [9.17, 15) is 0 Å². The van der Waals surface area contributed by atoms with Crippen molar-refractivity contribution in [1.82, 2.24) is 25.4 Å². The van der Waals surface area contributed by atoms with E-state index in [1.54, 1.807) is 6.26 Å². The fourth-order valence-electron chi connectivity index (χ4n) is 2.77. The molecule has 0 aromatic carbocycles. The van der Waals surface area contributed by atoms with E-state index >= 15 is 0 Å². The summed E-state index contributed by atoms with van der Waals surface area (Å²) in [4.78, 5) is 9.01. The van der Waals surface area contributed by atoms with Crippen LogP contribution < -0.4 is 5.32 Å². The largest absolute Gasteiger partial charge is 0.364 e. The number of rotatable bonds is 5. The minimum absolute atomic E-state index is 0. The normalized spacial score (nSPS) is 15.9. The maximum atomic E-state index is 5.30. The Morgan fingerprint density at radius 2 is 2.04 bits per heavy atom. The van der Waals surface area contributed by atoms with Crippen LogP contribution in [-0.4, -0.2) is 59.3 Å². The van der Waals surface area contributed by atoms with E-state index in [1.807, 2.05) is 19.2 Å². The number of piperazine rings is 1. The Bertz CT molecular complexity index is 649. The Hall–Kier alpha value is -1.62. The zero-order valence-corrected chi connectivity index (χ0v) is 17.0. The third-order valence-corrected chi connectivity index (χ3v) is 4.15. The second-order valence-corrected chi connectivity index (χ2v) is 5.79. The molecule has 1 aliphatic heterocycles. The highest BCUT2D eigenvalue weighted by Gasteiger charge is 2.20. The maximum Gasteiger partial charge on any atom is 0.194 e. The molecule has 2 aromatic heterocycles. The molecule has 0 radical (unpaired) electrons. The van der Waals surface area contributed by atoms with Gasteiger partial charge in [0, 0.05) is 51.9 Å². The highest BCUT2D eigenvalue weighted by Crippen LogP contribution is 2.08. The second-order valence-electron chi connectivity index (χ2n) is 5.79. The molecule has 3 heterocycles. The molecule has 0 unspecified atom stereocenters. The van der Waals surface area contributed by atoms with Gasteiger partial charge in [-0.2, -0.15) is 0 Å². The molecule has 9 heteroatoms. The van der Waals surface area contributed by atoms with E-state index in [2.05, 4.69) is 37.3 Å². The number of hydrogen-bond acceptors (Lipinski definition) is 6. The number of nitrogens with zero attached hydrogens (tertiary/aromatic N) is 5. The third kappa shape index (κ3) is 5.43. The molecule has 138 valence electrons. The molecule has 0 bridgehead atoms. The highest BCUT2D eigenvalue weighted by molar-refractivity contribution is 14.0. The number of aliphatic imine (C=N–C) groups is 1. The van der Waals surface area contributed by atoms with E-state index in [4.69, 9.17) is 9.05 Å². The number of nitrogens with one attached hydrogen (secondary N) is 1. The van der Waals surface area contributed by atoms with E-state index in [0.29, 0.717) is 6.54 Å². The van der Waals surface area contributed by atoms with Crippen molar-refractivity contribution in [3.8, 4) is 0 Å². The smallest absolute Gasteiger partial charge is 0.194 e. The van der Waals surface area contributed by atoms with Gasteiger partial charge in [0.2, 0.25) is 0 Å². The Labute approximate surface area is 164 Å². The zero-order valence-electron chi connectivity index (χ0n) is 14.6. The monoisotopic (exact) mass is 460 g/mol. The van der Waals surface area contributed by atoms with Crippen LogP contribution in [0.5, 0.6) is 0 Å². The van der Waals surface area contributed by atoms with E-state index < -0.39 is 0 Å². The molecule has 2 aromatic rings. The third-order valence-electron chi connectivity index (χ3n) is 4.15. The van der Waals surface area contributed by atoms with Crippen LogP contribution in [0.2, 0.25) is 0 Å². The van der Waals surface area contributed by atoms with Gasteiger partial charge in [0.25, 0.3) is 0 Å². The molecule has 0 spiro atoms. The van der Waals surface area contributed by atoms with Gasteiger partial charge in [-0.15, -0.1) is 24.0 Å². The first kappa shape index (κ1) is 19.7. The molecule has 0 saturated carbocycles. The molecule has 0 atom stereocenters. The minimum Gasteiger partial charge on any atom is -0.364 e. The predicted octanol–water partition coefficient (Wildman–Crippen LogP) is 1.74. The van der Waals surface area contributed by atoms with Crippen molar-refractivity contribution in [3.63, 3.8) is 0 Å². The number of hydrogen-bond donors (Lipinski definition) is 1. The molecule has 0 amide bonds. The number of guanidine groups is 1. The summed E-state index contributed by atoms with van der Waals surface area (Å²) in [5.74, 6) is 1.73. The molecule has 1 saturated heterocycles. The highest BCUT2D eigenvalue weighted by atomic mass is 127. The summed E-state index contributed by atoms with van der Waals surface area (Å²) in [6.07, 6.45) is 2.50. The quantitative estimate of drug-likeness (QED) is 0.414. The van der Waals surface area contributed by atoms with Crippen LogP contribution in [-0.2, 0) is 19.5 Å². The molecule has 0 aliphatic carbocycles. The molecule has 25 heavy (non-hydrogen) atoms. The lowest BCUT2D eigenvalue weighted by molar-refractivity contribution is 0.168. The van der Waals surface area contributed by atoms with Gasteiger partial charge in [0.1, 0.15) is 6.26 Å². The van der Waals surface area contributed by atoms with E-state index in [0.717, 1.165) is 62.3 Å². The summed E-state index contributed by atoms with van der Waals surface area (Å²) < 4.78 is 10.2. The molecular formula is C16H25IN6O2. The summed E-state index contributed by atoms with van der Waals surface area (Å²) in [7, 11) is 1.81. The van der Waals surface area contributed by atoms with Crippen molar-refractivity contribution in [2.45, 2.75) is 26.4 Å². The van der Waals surface area contributed by atoms with Crippen LogP contribution >= 0.6 is 24.0 Å². The number of aryl methyl sites for hydroxylation is 1. The first-order valence-electron chi connectivity index (χ1n) is 8.30. The van der Waals surface area contributed by atoms with Crippen LogP contribution in [0.15, 0.2) is 32.4 Å². The SMILES string of the molecule is CCc1cc(CNC(=NC)N2CCN(Cc3ccon3)CC2)on1.I. The van der Waals surface area contributed by atoms with Crippen LogP contribution in [0.3, 0.4) is 0 Å². The molecule has 1 aliphatic rings. The first-order valence-corrected chi connectivity index (χ1v) is 8.30. The van der Waals surface area contributed by atoms with Crippen LogP contribution in [0.4, 0.5) is 0 Å². The summed E-state index contributed by atoms with van der Waals surface area (Å²) in [6.45, 7) is 7.27. The van der Waals surface area contributed by atoms with Crippen molar-refractivity contribution in [3.05, 3.63) is 35.5 Å². The van der Waals surface area contributed by atoms with Crippen LogP contribution in [0.25, 0.3) is 0 Å². The lowest BCUT2D eigenvalue weighted by Gasteiger charge is -2.36. The van der Waals surface area contributed by atoms with Gasteiger partial charge in [-0.3, -0.25) is 9.89 Å². The van der Waals surface area contributed by atoms with Gasteiger partial charge in [-0.25, -0.2) is 0 Å². The summed E-state index contributed by atoms with van der Waals surface area (Å²) >= 11 is 0. The first-order chi connectivity index (χ1) is 11.8. The molecule has 3 rings (SSSR count). The number of aromatic nitrogens is 2. The van der Waals surface area contributed by atoms with Gasteiger partial charge in [0.15, 0.2) is 11.7 Å². The average Bonchev–Trinajstić information content (AvgIpc) is 3.28. The Balaban J connectivity index is 0.00000225. The summed E-state index contributed by atoms with van der Waals surface area (Å²) in [5, 5.41) is 11.3. The van der Waals surface area contributed by atoms with E-state index in [1.165, 1.54) is 0 Å².